The second kappa shape index (κ2) is 8.55. The molecule has 2 N–H and O–H groups in total. The quantitative estimate of drug-likeness (QED) is 0.339. The molecule has 0 bridgehead atoms. The van der Waals surface area contributed by atoms with Crippen LogP contribution in [0, 0.1) is 0 Å². The van der Waals surface area contributed by atoms with Crippen molar-refractivity contribution in [3.8, 4) is 0 Å². The first kappa shape index (κ1) is 13.0. The maximum Gasteiger partial charge on any atom is 0.409 e. The van der Waals surface area contributed by atoms with Gasteiger partial charge in [-0.1, -0.05) is 35.9 Å². The summed E-state index contributed by atoms with van der Waals surface area (Å²) in [5.41, 5.74) is 0. The fourth-order valence-corrected chi connectivity index (χ4v) is 1.25. The third-order valence-corrected chi connectivity index (χ3v) is 2.02. The van der Waals surface area contributed by atoms with Gasteiger partial charge in [-0.15, -0.1) is 0 Å². The number of hydrogen-bond donors (Lipinski definition) is 2. The van der Waals surface area contributed by atoms with Gasteiger partial charge in [0, 0.05) is 10.8 Å². The van der Waals surface area contributed by atoms with E-state index in [0.29, 0.717) is 13.0 Å². The van der Waals surface area contributed by atoms with E-state index in [2.05, 4.69) is 27.9 Å². The van der Waals surface area contributed by atoms with Crippen LogP contribution < -0.4 is 5.32 Å². The molecule has 5 heteroatoms. The lowest BCUT2D eigenvalue weighted by Crippen LogP contribution is -2.35. The molecule has 0 fully saturated rings. The van der Waals surface area contributed by atoms with Gasteiger partial charge in [0.25, 0.3) is 0 Å². The highest BCUT2D eigenvalue weighted by Gasteiger charge is 2.07. The Kier molecular flexibility index (Phi) is 8.53. The first-order valence-electron chi connectivity index (χ1n) is 4.38. The molecule has 78 valence electrons. The first-order valence-corrected chi connectivity index (χ1v) is 5.90. The van der Waals surface area contributed by atoms with Crippen LogP contribution >= 0.6 is 22.6 Å². The second-order valence-corrected chi connectivity index (χ2v) is 3.71. The molecule has 4 nitrogen and oxygen atoms in total. The molecule has 0 aromatic carbocycles. The number of aliphatic hydroxyl groups is 1. The lowest BCUT2D eigenvalue weighted by Gasteiger charge is -2.11. The number of ether oxygens (including phenoxy) is 1. The van der Waals surface area contributed by atoms with Crippen molar-refractivity contribution in [3.63, 3.8) is 0 Å². The van der Waals surface area contributed by atoms with E-state index in [4.69, 9.17) is 9.84 Å². The average Bonchev–Trinajstić information content (AvgIpc) is 2.05. The lowest BCUT2D eigenvalue weighted by atomic mass is 10.4. The van der Waals surface area contributed by atoms with Crippen LogP contribution in [0.1, 0.15) is 26.2 Å². The normalized spacial score (nSPS) is 12.2. The monoisotopic (exact) mass is 301 g/mol. The van der Waals surface area contributed by atoms with Gasteiger partial charge in [-0.25, -0.2) is 4.79 Å². The maximum absolute atomic E-state index is 10.9. The van der Waals surface area contributed by atoms with E-state index in [1.165, 1.54) is 0 Å². The number of carbonyl (C=O) groups excluding carboxylic acids is 1. The molecular weight excluding hydrogens is 285 g/mol. The molecule has 0 spiro atoms. The Morgan fingerprint density at radius 2 is 2.38 bits per heavy atom. The molecule has 0 rings (SSSR count). The number of rotatable bonds is 6. The van der Waals surface area contributed by atoms with Crippen LogP contribution in [0.5, 0.6) is 0 Å². The Morgan fingerprint density at radius 1 is 1.69 bits per heavy atom. The highest BCUT2D eigenvalue weighted by Crippen LogP contribution is 1.94. The number of hydrogen-bond acceptors (Lipinski definition) is 3. The van der Waals surface area contributed by atoms with Gasteiger partial charge in [0.2, 0.25) is 0 Å². The van der Waals surface area contributed by atoms with E-state index in [0.717, 1.165) is 17.3 Å². The number of aliphatic hydroxyl groups excluding tert-OH is 1. The number of nitrogens with one attached hydrogen (secondary N) is 1. The standard InChI is InChI=1S/C8H16INO3/c1-2-3-6-13-8(12)10-7(11)4-5-9/h7,11H,2-6H2,1H3,(H,10,12). The Bertz CT molecular complexity index is 143. The van der Waals surface area contributed by atoms with E-state index in [9.17, 15) is 4.79 Å². The third kappa shape index (κ3) is 8.29. The summed E-state index contributed by atoms with van der Waals surface area (Å²) in [5.74, 6) is 0. The van der Waals surface area contributed by atoms with Gasteiger partial charge in [-0.2, -0.15) is 0 Å². The Morgan fingerprint density at radius 3 is 2.92 bits per heavy atom. The number of unbranched alkanes of at least 4 members (excludes halogenated alkanes) is 1. The first-order chi connectivity index (χ1) is 6.20. The number of halogens is 1. The zero-order chi connectivity index (χ0) is 10.1. The minimum Gasteiger partial charge on any atom is -0.450 e. The zero-order valence-corrected chi connectivity index (χ0v) is 9.91. The van der Waals surface area contributed by atoms with Gasteiger partial charge >= 0.3 is 6.09 Å². The molecule has 0 saturated carbocycles. The van der Waals surface area contributed by atoms with E-state index < -0.39 is 12.3 Å². The summed E-state index contributed by atoms with van der Waals surface area (Å²) in [6, 6.07) is 0. The van der Waals surface area contributed by atoms with Crippen molar-refractivity contribution >= 4 is 28.7 Å². The van der Waals surface area contributed by atoms with E-state index in [-0.39, 0.29) is 0 Å². The van der Waals surface area contributed by atoms with Crippen LogP contribution in [0.15, 0.2) is 0 Å². The summed E-state index contributed by atoms with van der Waals surface area (Å²) in [5, 5.41) is 11.5. The number of carbonyl (C=O) groups is 1. The van der Waals surface area contributed by atoms with Crippen molar-refractivity contribution in [1.29, 1.82) is 0 Å². The predicted octanol–water partition coefficient (Wildman–Crippen LogP) is 1.66. The Hall–Kier alpha value is -0.0400. The fraction of sp³-hybridized carbons (Fsp3) is 0.875. The third-order valence-electron chi connectivity index (χ3n) is 1.40. The zero-order valence-electron chi connectivity index (χ0n) is 7.75. The van der Waals surface area contributed by atoms with Crippen molar-refractivity contribution in [2.75, 3.05) is 11.0 Å². The molecule has 0 heterocycles. The van der Waals surface area contributed by atoms with Crippen LogP contribution in [0.3, 0.4) is 0 Å². The Labute approximate surface area is 92.2 Å². The number of amides is 1. The maximum atomic E-state index is 10.9. The summed E-state index contributed by atoms with van der Waals surface area (Å²) in [6.45, 7) is 2.44. The van der Waals surface area contributed by atoms with Gasteiger partial charge < -0.3 is 9.84 Å². The van der Waals surface area contributed by atoms with E-state index >= 15 is 0 Å². The van der Waals surface area contributed by atoms with Crippen LogP contribution in [-0.2, 0) is 4.74 Å². The van der Waals surface area contributed by atoms with Gasteiger partial charge in [0.15, 0.2) is 0 Å². The van der Waals surface area contributed by atoms with Gasteiger partial charge in [-0.05, 0) is 6.42 Å². The molecule has 0 aliphatic carbocycles. The minimum atomic E-state index is -0.786. The molecule has 0 saturated heterocycles. The van der Waals surface area contributed by atoms with Crippen LogP contribution in [0.4, 0.5) is 4.79 Å². The van der Waals surface area contributed by atoms with Gasteiger partial charge in [0.05, 0.1) is 6.61 Å². The molecular formula is C8H16INO3. The predicted molar refractivity (Wildman–Crippen MR) is 58.9 cm³/mol. The summed E-state index contributed by atoms with van der Waals surface area (Å²) < 4.78 is 5.59. The molecule has 0 radical (unpaired) electrons. The summed E-state index contributed by atoms with van der Waals surface area (Å²) >= 11 is 2.13. The lowest BCUT2D eigenvalue weighted by molar-refractivity contribution is 0.0970. The van der Waals surface area contributed by atoms with Crippen LogP contribution in [0.25, 0.3) is 0 Å². The number of alkyl carbamates (subject to hydrolysis) is 1. The second-order valence-electron chi connectivity index (χ2n) is 2.63. The summed E-state index contributed by atoms with van der Waals surface area (Å²) in [6.07, 6.45) is 1.07. The summed E-state index contributed by atoms with van der Waals surface area (Å²) in [7, 11) is 0. The van der Waals surface area contributed by atoms with Crippen molar-refractivity contribution in [3.05, 3.63) is 0 Å². The van der Waals surface area contributed by atoms with Crippen molar-refractivity contribution in [2.24, 2.45) is 0 Å². The molecule has 13 heavy (non-hydrogen) atoms. The molecule has 1 atom stereocenters. The summed E-state index contributed by atoms with van der Waals surface area (Å²) in [4.78, 5) is 10.9. The largest absolute Gasteiger partial charge is 0.450 e. The topological polar surface area (TPSA) is 58.6 Å². The van der Waals surface area contributed by atoms with Gasteiger partial charge in [0.1, 0.15) is 6.23 Å². The SMILES string of the molecule is CCCCOC(=O)NC(O)CCI. The van der Waals surface area contributed by atoms with Gasteiger partial charge in [-0.3, -0.25) is 5.32 Å². The average molecular weight is 301 g/mol. The van der Waals surface area contributed by atoms with Crippen molar-refractivity contribution in [2.45, 2.75) is 32.4 Å². The molecule has 0 aliphatic heterocycles. The minimum absolute atomic E-state index is 0.416. The smallest absolute Gasteiger partial charge is 0.409 e. The molecule has 0 aliphatic rings. The highest BCUT2D eigenvalue weighted by atomic mass is 127. The van der Waals surface area contributed by atoms with Crippen molar-refractivity contribution in [1.82, 2.24) is 5.32 Å². The van der Waals surface area contributed by atoms with Crippen LogP contribution in [-0.4, -0.2) is 28.5 Å². The molecule has 1 amide bonds. The number of alkyl halides is 1. The molecule has 1 unspecified atom stereocenters. The van der Waals surface area contributed by atoms with E-state index in [1.807, 2.05) is 6.92 Å². The van der Waals surface area contributed by atoms with Crippen LogP contribution in [0.2, 0.25) is 0 Å². The molecule has 0 aromatic heterocycles. The highest BCUT2D eigenvalue weighted by molar-refractivity contribution is 14.1. The fourth-order valence-electron chi connectivity index (χ4n) is 0.662. The van der Waals surface area contributed by atoms with E-state index in [1.54, 1.807) is 0 Å². The van der Waals surface area contributed by atoms with Crippen molar-refractivity contribution < 1.29 is 14.6 Å². The Balaban J connectivity index is 3.38. The molecule has 0 aromatic rings.